The molecule has 0 radical (unpaired) electrons. The van der Waals surface area contributed by atoms with Crippen molar-refractivity contribution >= 4 is 10.9 Å². The van der Waals surface area contributed by atoms with E-state index in [1.165, 1.54) is 12.3 Å². The Kier molecular flexibility index (Phi) is 4.15. The van der Waals surface area contributed by atoms with E-state index in [9.17, 15) is 18.0 Å². The summed E-state index contributed by atoms with van der Waals surface area (Å²) < 4.78 is 44.0. The molecule has 3 aromatic heterocycles. The van der Waals surface area contributed by atoms with E-state index in [4.69, 9.17) is 0 Å². The van der Waals surface area contributed by atoms with Crippen molar-refractivity contribution in [3.05, 3.63) is 76.4 Å². The molecule has 0 aliphatic heterocycles. The first-order chi connectivity index (χ1) is 14.7. The summed E-state index contributed by atoms with van der Waals surface area (Å²) in [6.45, 7) is 2.15. The number of hydrogen-bond donors (Lipinski definition) is 1. The van der Waals surface area contributed by atoms with Gasteiger partial charge in [0.15, 0.2) is 0 Å². The fraction of sp³-hybridized carbons (Fsp3) is 0.318. The lowest BCUT2D eigenvalue weighted by molar-refractivity contribution is -0.136. The maximum Gasteiger partial charge on any atom is 0.418 e. The lowest BCUT2D eigenvalue weighted by atomic mass is 9.58. The molecule has 31 heavy (non-hydrogen) atoms. The van der Waals surface area contributed by atoms with Gasteiger partial charge < -0.3 is 9.55 Å². The molecule has 160 valence electrons. The molecule has 0 spiro atoms. The number of pyridine rings is 1. The van der Waals surface area contributed by atoms with Crippen LogP contribution in [-0.2, 0) is 18.6 Å². The number of halogens is 3. The number of rotatable bonds is 3. The third kappa shape index (κ3) is 2.90. The Morgan fingerprint density at radius 3 is 2.65 bits per heavy atom. The molecule has 1 saturated carbocycles. The van der Waals surface area contributed by atoms with Crippen LogP contribution in [-0.4, -0.2) is 24.3 Å². The van der Waals surface area contributed by atoms with Crippen molar-refractivity contribution in [3.8, 4) is 5.69 Å². The van der Waals surface area contributed by atoms with Crippen LogP contribution in [0.1, 0.15) is 36.7 Å². The minimum absolute atomic E-state index is 0.0690. The predicted octanol–water partition coefficient (Wildman–Crippen LogP) is 4.18. The van der Waals surface area contributed by atoms with Crippen LogP contribution in [0, 0.1) is 5.92 Å². The number of aryl methyl sites for hydroxylation is 1. The first kappa shape index (κ1) is 19.6. The summed E-state index contributed by atoms with van der Waals surface area (Å²) in [5.41, 5.74) is -0.542. The Balaban J connectivity index is 1.70. The number of benzene rings is 1. The van der Waals surface area contributed by atoms with Gasteiger partial charge in [-0.1, -0.05) is 19.1 Å². The van der Waals surface area contributed by atoms with Crippen molar-refractivity contribution < 1.29 is 13.2 Å². The minimum atomic E-state index is -4.59. The number of alkyl halides is 3. The Hall–Kier alpha value is -3.36. The topological polar surface area (TPSA) is 68.5 Å². The number of fused-ring (bicyclic) bond motifs is 1. The van der Waals surface area contributed by atoms with Crippen LogP contribution in [0.5, 0.6) is 0 Å². The molecular formula is C22H20F3N5O. The molecule has 1 aromatic carbocycles. The van der Waals surface area contributed by atoms with E-state index >= 15 is 0 Å². The number of nitrogens with zero attached hydrogens (tertiary/aromatic N) is 4. The van der Waals surface area contributed by atoms with Gasteiger partial charge >= 0.3 is 6.18 Å². The van der Waals surface area contributed by atoms with Crippen molar-refractivity contribution in [1.82, 2.24) is 24.3 Å². The number of aromatic nitrogens is 5. The van der Waals surface area contributed by atoms with Crippen molar-refractivity contribution in [1.29, 1.82) is 0 Å². The maximum atomic E-state index is 13.7. The Morgan fingerprint density at radius 1 is 1.23 bits per heavy atom. The van der Waals surface area contributed by atoms with Crippen LogP contribution in [0.3, 0.4) is 0 Å². The highest BCUT2D eigenvalue weighted by atomic mass is 19.4. The summed E-state index contributed by atoms with van der Waals surface area (Å²) >= 11 is 0. The van der Waals surface area contributed by atoms with Gasteiger partial charge in [0.1, 0.15) is 17.7 Å². The van der Waals surface area contributed by atoms with Crippen LogP contribution in [0.4, 0.5) is 13.2 Å². The van der Waals surface area contributed by atoms with Crippen molar-refractivity contribution in [2.45, 2.75) is 31.4 Å². The van der Waals surface area contributed by atoms with Gasteiger partial charge in [-0.15, -0.1) is 10.2 Å². The molecular weight excluding hydrogens is 407 g/mol. The predicted molar refractivity (Wildman–Crippen MR) is 109 cm³/mol. The largest absolute Gasteiger partial charge is 0.418 e. The summed E-state index contributed by atoms with van der Waals surface area (Å²) in [5, 5.41) is 8.19. The molecule has 1 aliphatic rings. The molecule has 0 atom stereocenters. The van der Waals surface area contributed by atoms with Crippen LogP contribution < -0.4 is 5.56 Å². The second kappa shape index (κ2) is 6.57. The van der Waals surface area contributed by atoms with Gasteiger partial charge in [-0.05, 0) is 42.5 Å². The first-order valence-electron chi connectivity index (χ1n) is 9.96. The van der Waals surface area contributed by atoms with E-state index in [0.717, 1.165) is 35.0 Å². The van der Waals surface area contributed by atoms with Gasteiger partial charge in [-0.3, -0.25) is 9.36 Å². The van der Waals surface area contributed by atoms with E-state index < -0.39 is 17.3 Å². The zero-order valence-corrected chi connectivity index (χ0v) is 16.9. The number of nitrogens with one attached hydrogen (secondary N) is 1. The van der Waals surface area contributed by atoms with Crippen molar-refractivity contribution in [3.63, 3.8) is 0 Å². The summed E-state index contributed by atoms with van der Waals surface area (Å²) in [7, 11) is 1.88. The monoisotopic (exact) mass is 427 g/mol. The molecule has 0 amide bonds. The van der Waals surface area contributed by atoms with Crippen LogP contribution >= 0.6 is 0 Å². The summed E-state index contributed by atoms with van der Waals surface area (Å²) in [6.07, 6.45) is 0.986. The van der Waals surface area contributed by atoms with E-state index in [-0.39, 0.29) is 16.3 Å². The van der Waals surface area contributed by atoms with Crippen LogP contribution in [0.2, 0.25) is 0 Å². The van der Waals surface area contributed by atoms with Crippen molar-refractivity contribution in [2.24, 2.45) is 13.0 Å². The maximum absolute atomic E-state index is 13.7. The van der Waals surface area contributed by atoms with Gasteiger partial charge in [-0.2, -0.15) is 13.2 Å². The summed E-state index contributed by atoms with van der Waals surface area (Å²) in [5.74, 6) is 1.29. The molecule has 0 saturated heterocycles. The molecule has 3 heterocycles. The number of hydrogen-bond acceptors (Lipinski definition) is 3. The van der Waals surface area contributed by atoms with Gasteiger partial charge in [0.2, 0.25) is 0 Å². The number of aromatic amines is 1. The SMILES string of the molecule is Cn1cnnc1[C@]1(c2cccc(-n3cc(C(F)(F)F)c4cc[nH]c4c3=O)c2)C[C@H](C)C1. The molecule has 4 aromatic rings. The third-order valence-electron chi connectivity index (χ3n) is 6.24. The van der Waals surface area contributed by atoms with E-state index in [0.29, 0.717) is 11.6 Å². The standard InChI is InChI=1S/C22H20F3N5O/c1-13-9-21(10-13,20-28-27-12-29(20)2)14-4-3-5-15(8-14)30-11-17(22(23,24)25)16-6-7-26-18(16)19(30)31/h3-8,11-13,26H,9-10H2,1-2H3/t13-,21+. The molecule has 1 N–H and O–H groups in total. The van der Waals surface area contributed by atoms with Gasteiger partial charge in [-0.25, -0.2) is 0 Å². The highest BCUT2D eigenvalue weighted by Crippen LogP contribution is 2.51. The van der Waals surface area contributed by atoms with Gasteiger partial charge in [0.25, 0.3) is 5.56 Å². The first-order valence-corrected chi connectivity index (χ1v) is 9.96. The molecule has 1 fully saturated rings. The zero-order chi connectivity index (χ0) is 22.0. The second-order valence-electron chi connectivity index (χ2n) is 8.39. The van der Waals surface area contributed by atoms with E-state index in [1.54, 1.807) is 24.5 Å². The zero-order valence-electron chi connectivity index (χ0n) is 16.9. The normalized spacial score (nSPS) is 21.4. The van der Waals surface area contributed by atoms with Crippen molar-refractivity contribution in [2.75, 3.05) is 0 Å². The fourth-order valence-corrected chi connectivity index (χ4v) is 4.91. The molecule has 5 rings (SSSR count). The number of H-pyrrole nitrogens is 1. The smallest absolute Gasteiger partial charge is 0.357 e. The van der Waals surface area contributed by atoms with Crippen LogP contribution in [0.15, 0.2) is 53.8 Å². The lowest BCUT2D eigenvalue weighted by Crippen LogP contribution is -2.43. The Morgan fingerprint density at radius 2 is 2.00 bits per heavy atom. The van der Waals surface area contributed by atoms with Crippen LogP contribution in [0.25, 0.3) is 16.6 Å². The molecule has 6 nitrogen and oxygen atoms in total. The third-order valence-corrected chi connectivity index (χ3v) is 6.24. The quantitative estimate of drug-likeness (QED) is 0.533. The van der Waals surface area contributed by atoms with E-state index in [1.807, 2.05) is 17.7 Å². The summed E-state index contributed by atoms with van der Waals surface area (Å²) in [6, 6.07) is 8.42. The lowest BCUT2D eigenvalue weighted by Gasteiger charge is -2.46. The highest BCUT2D eigenvalue weighted by Gasteiger charge is 2.48. The average Bonchev–Trinajstić information content (AvgIpc) is 3.34. The van der Waals surface area contributed by atoms with Gasteiger partial charge in [0, 0.05) is 30.5 Å². The Labute approximate surface area is 175 Å². The second-order valence-corrected chi connectivity index (χ2v) is 8.39. The highest BCUT2D eigenvalue weighted by molar-refractivity contribution is 5.82. The molecule has 0 bridgehead atoms. The fourth-order valence-electron chi connectivity index (χ4n) is 4.91. The minimum Gasteiger partial charge on any atom is -0.357 e. The van der Waals surface area contributed by atoms with Gasteiger partial charge in [0.05, 0.1) is 11.0 Å². The molecule has 1 aliphatic carbocycles. The Bertz CT molecular complexity index is 1340. The van der Waals surface area contributed by atoms with E-state index in [2.05, 4.69) is 22.1 Å². The molecule has 9 heteroatoms. The average molecular weight is 427 g/mol. The summed E-state index contributed by atoms with van der Waals surface area (Å²) in [4.78, 5) is 15.6. The molecule has 0 unspecified atom stereocenters.